The van der Waals surface area contributed by atoms with Crippen molar-refractivity contribution in [3.8, 4) is 5.75 Å². The van der Waals surface area contributed by atoms with Crippen LogP contribution < -0.4 is 9.64 Å². The van der Waals surface area contributed by atoms with Crippen LogP contribution in [0, 0.1) is 10.1 Å². The number of hydrogen-bond donors (Lipinski definition) is 0. The van der Waals surface area contributed by atoms with Crippen molar-refractivity contribution >= 4 is 33.3 Å². The monoisotopic (exact) mass is 321 g/mol. The number of esters is 1. The summed E-state index contributed by atoms with van der Waals surface area (Å²) in [6.45, 7) is 1.23. The number of carbonyl (C=O) groups excluding carboxylic acids is 2. The third kappa shape index (κ3) is 3.26. The molecule has 0 aliphatic rings. The number of nitrogens with zero attached hydrogens (tertiary/aromatic N) is 3. The first-order valence-corrected chi connectivity index (χ1v) is 6.87. The molecule has 2 aromatic rings. The highest BCUT2D eigenvalue weighted by molar-refractivity contribution is 7.18. The molecule has 1 heterocycles. The molecule has 1 amide bonds. The van der Waals surface area contributed by atoms with Gasteiger partial charge < -0.3 is 4.74 Å². The molecular weight excluding hydrogens is 310 g/mol. The van der Waals surface area contributed by atoms with Crippen LogP contribution in [-0.4, -0.2) is 28.8 Å². The van der Waals surface area contributed by atoms with Crippen LogP contribution in [0.3, 0.4) is 0 Å². The van der Waals surface area contributed by atoms with E-state index in [0.29, 0.717) is 0 Å². The lowest BCUT2D eigenvalue weighted by Gasteiger charge is -2.15. The number of para-hydroxylation sites is 1. The summed E-state index contributed by atoms with van der Waals surface area (Å²) in [5.41, 5.74) is 0.165. The molecule has 8 nitrogen and oxygen atoms in total. The first kappa shape index (κ1) is 15.6. The van der Waals surface area contributed by atoms with E-state index in [0.717, 1.165) is 17.5 Å². The highest BCUT2D eigenvalue weighted by Crippen LogP contribution is 2.29. The van der Waals surface area contributed by atoms with Crippen molar-refractivity contribution in [2.75, 3.05) is 11.9 Å². The summed E-state index contributed by atoms with van der Waals surface area (Å²) >= 11 is 0.779. The van der Waals surface area contributed by atoms with E-state index in [2.05, 4.69) is 4.98 Å². The predicted molar refractivity (Wildman–Crippen MR) is 79.3 cm³/mol. The van der Waals surface area contributed by atoms with Gasteiger partial charge in [0.25, 0.3) is 5.91 Å². The molecule has 0 saturated carbocycles. The SMILES string of the molecule is CC(=O)Oc1ccccc1C(=O)N(C)c1ncc([N+](=O)[O-])s1. The number of ether oxygens (including phenoxy) is 1. The Hall–Kier alpha value is -2.81. The van der Waals surface area contributed by atoms with Gasteiger partial charge >= 0.3 is 11.0 Å². The summed E-state index contributed by atoms with van der Waals surface area (Å²) in [5, 5.41) is 10.7. The minimum absolute atomic E-state index is 0.123. The van der Waals surface area contributed by atoms with E-state index in [1.807, 2.05) is 0 Å². The number of benzene rings is 1. The summed E-state index contributed by atoms with van der Waals surface area (Å²) in [7, 11) is 1.44. The largest absolute Gasteiger partial charge is 0.426 e. The van der Waals surface area contributed by atoms with Crippen molar-refractivity contribution in [3.63, 3.8) is 0 Å². The smallest absolute Gasteiger partial charge is 0.345 e. The van der Waals surface area contributed by atoms with Crippen molar-refractivity contribution in [3.05, 3.63) is 46.1 Å². The highest BCUT2D eigenvalue weighted by Gasteiger charge is 2.22. The van der Waals surface area contributed by atoms with Crippen molar-refractivity contribution < 1.29 is 19.2 Å². The van der Waals surface area contributed by atoms with Crippen LogP contribution in [-0.2, 0) is 4.79 Å². The van der Waals surface area contributed by atoms with Gasteiger partial charge in [0.1, 0.15) is 11.9 Å². The minimum atomic E-state index is -0.577. The predicted octanol–water partition coefficient (Wildman–Crippen LogP) is 2.25. The maximum atomic E-state index is 12.5. The van der Waals surface area contributed by atoms with Crippen molar-refractivity contribution in [2.45, 2.75) is 6.92 Å². The molecule has 1 aromatic heterocycles. The number of carbonyl (C=O) groups is 2. The first-order chi connectivity index (χ1) is 10.4. The summed E-state index contributed by atoms with van der Waals surface area (Å²) in [6.07, 6.45) is 1.09. The standard InChI is InChI=1S/C13H11N3O5S/c1-8(17)21-10-6-4-3-5-9(10)12(18)15(2)13-14-7-11(22-13)16(19)20/h3-7H,1-2H3. The second-order valence-electron chi connectivity index (χ2n) is 4.19. The van der Waals surface area contributed by atoms with Gasteiger partial charge in [-0.25, -0.2) is 4.98 Å². The third-order valence-corrected chi connectivity index (χ3v) is 3.65. The normalized spacial score (nSPS) is 10.1. The summed E-state index contributed by atoms with van der Waals surface area (Å²) in [6, 6.07) is 6.24. The number of nitro groups is 1. The van der Waals surface area contributed by atoms with Crippen LogP contribution in [0.5, 0.6) is 5.75 Å². The maximum absolute atomic E-state index is 12.5. The Bertz CT molecular complexity index is 743. The van der Waals surface area contributed by atoms with E-state index in [1.54, 1.807) is 12.1 Å². The molecule has 0 bridgehead atoms. The van der Waals surface area contributed by atoms with Crippen LogP contribution in [0.4, 0.5) is 10.1 Å². The van der Waals surface area contributed by atoms with Gasteiger partial charge in [0.05, 0.1) is 10.5 Å². The van der Waals surface area contributed by atoms with E-state index in [9.17, 15) is 19.7 Å². The van der Waals surface area contributed by atoms with Gasteiger partial charge in [-0.05, 0) is 23.5 Å². The average Bonchev–Trinajstić information content (AvgIpc) is 2.95. The Morgan fingerprint density at radius 3 is 2.64 bits per heavy atom. The summed E-state index contributed by atoms with van der Waals surface area (Å²) in [5.74, 6) is -0.910. The second-order valence-corrected chi connectivity index (χ2v) is 5.18. The van der Waals surface area contributed by atoms with Crippen molar-refractivity contribution in [1.29, 1.82) is 0 Å². The highest BCUT2D eigenvalue weighted by atomic mass is 32.1. The lowest BCUT2D eigenvalue weighted by Crippen LogP contribution is -2.26. The van der Waals surface area contributed by atoms with Gasteiger partial charge in [0.2, 0.25) is 0 Å². The van der Waals surface area contributed by atoms with Gasteiger partial charge in [0, 0.05) is 14.0 Å². The van der Waals surface area contributed by atoms with E-state index in [4.69, 9.17) is 4.74 Å². The molecule has 0 fully saturated rings. The quantitative estimate of drug-likeness (QED) is 0.370. The molecule has 9 heteroatoms. The Kier molecular flexibility index (Phi) is 4.47. The first-order valence-electron chi connectivity index (χ1n) is 6.06. The molecule has 1 aromatic carbocycles. The zero-order valence-electron chi connectivity index (χ0n) is 11.7. The number of hydrogen-bond acceptors (Lipinski definition) is 7. The molecule has 0 aliphatic heterocycles. The third-order valence-electron chi connectivity index (χ3n) is 2.62. The van der Waals surface area contributed by atoms with Gasteiger partial charge in [-0.1, -0.05) is 12.1 Å². The Morgan fingerprint density at radius 2 is 2.05 bits per heavy atom. The zero-order chi connectivity index (χ0) is 16.3. The van der Waals surface area contributed by atoms with Gasteiger partial charge in [-0.2, -0.15) is 0 Å². The van der Waals surface area contributed by atoms with Crippen molar-refractivity contribution in [1.82, 2.24) is 4.98 Å². The molecule has 0 aliphatic carbocycles. The van der Waals surface area contributed by atoms with Crippen LogP contribution in [0.25, 0.3) is 0 Å². The molecular formula is C13H11N3O5S. The van der Waals surface area contributed by atoms with E-state index >= 15 is 0 Å². The number of rotatable bonds is 4. The van der Waals surface area contributed by atoms with Crippen LogP contribution >= 0.6 is 11.3 Å². The van der Waals surface area contributed by atoms with Crippen molar-refractivity contribution in [2.24, 2.45) is 0 Å². The topological polar surface area (TPSA) is 103 Å². The number of thiazole rings is 1. The van der Waals surface area contributed by atoms with Gasteiger partial charge in [-0.15, -0.1) is 0 Å². The van der Waals surface area contributed by atoms with Crippen LogP contribution in [0.15, 0.2) is 30.5 Å². The van der Waals surface area contributed by atoms with E-state index in [1.165, 1.54) is 31.0 Å². The average molecular weight is 321 g/mol. The Labute approximate surface area is 129 Å². The van der Waals surface area contributed by atoms with Gasteiger partial charge in [-0.3, -0.25) is 24.6 Å². The molecule has 0 saturated heterocycles. The number of amides is 1. The second kappa shape index (κ2) is 6.31. The minimum Gasteiger partial charge on any atom is -0.426 e. The molecule has 22 heavy (non-hydrogen) atoms. The lowest BCUT2D eigenvalue weighted by atomic mass is 10.2. The zero-order valence-corrected chi connectivity index (χ0v) is 12.5. The Balaban J connectivity index is 2.30. The molecule has 114 valence electrons. The summed E-state index contributed by atoms with van der Waals surface area (Å²) < 4.78 is 4.98. The fourth-order valence-electron chi connectivity index (χ4n) is 1.65. The number of aromatic nitrogens is 1. The van der Waals surface area contributed by atoms with E-state index < -0.39 is 16.8 Å². The molecule has 0 N–H and O–H groups in total. The molecule has 0 unspecified atom stereocenters. The van der Waals surface area contributed by atoms with Gasteiger partial charge in [0.15, 0.2) is 5.13 Å². The van der Waals surface area contributed by atoms with Crippen LogP contribution in [0.2, 0.25) is 0 Å². The van der Waals surface area contributed by atoms with Crippen LogP contribution in [0.1, 0.15) is 17.3 Å². The maximum Gasteiger partial charge on any atom is 0.345 e. The molecule has 0 spiro atoms. The molecule has 0 atom stereocenters. The molecule has 0 radical (unpaired) electrons. The Morgan fingerprint density at radius 1 is 1.36 bits per heavy atom. The van der Waals surface area contributed by atoms with E-state index in [-0.39, 0.29) is 21.4 Å². The number of anilines is 1. The fraction of sp³-hybridized carbons (Fsp3) is 0.154. The lowest BCUT2D eigenvalue weighted by molar-refractivity contribution is -0.380. The summed E-state index contributed by atoms with van der Waals surface area (Å²) in [4.78, 5) is 38.6. The molecule has 2 rings (SSSR count). The fourth-order valence-corrected chi connectivity index (χ4v) is 2.34.